The van der Waals surface area contributed by atoms with E-state index in [1.807, 2.05) is 64.1 Å². The van der Waals surface area contributed by atoms with Crippen molar-refractivity contribution in [2.24, 2.45) is 0 Å². The lowest BCUT2D eigenvalue weighted by Crippen LogP contribution is -2.40. The van der Waals surface area contributed by atoms with Crippen molar-refractivity contribution in [2.75, 3.05) is 26.3 Å². The minimum absolute atomic E-state index is 0.0127. The Morgan fingerprint density at radius 1 is 0.919 bits per heavy atom. The molecule has 1 aliphatic heterocycles. The van der Waals surface area contributed by atoms with Crippen molar-refractivity contribution in [1.29, 1.82) is 0 Å². The number of para-hydroxylation sites is 1. The van der Waals surface area contributed by atoms with Crippen molar-refractivity contribution < 1.29 is 14.5 Å². The minimum Gasteiger partial charge on any atom is -0.378 e. The molecule has 2 heterocycles. The SMILES string of the molecule is O=C(c1ccc(CSc2nnc(-c3ccccc3[N+](=O)[O-])n2Cc2ccccc2)cc1)N1CCOCC1. The smallest absolute Gasteiger partial charge is 0.280 e. The maximum Gasteiger partial charge on any atom is 0.280 e. The number of thioether (sulfide) groups is 1. The molecule has 0 bridgehead atoms. The third kappa shape index (κ3) is 5.71. The highest BCUT2D eigenvalue weighted by atomic mass is 32.2. The van der Waals surface area contributed by atoms with Crippen LogP contribution in [0.4, 0.5) is 5.69 Å². The monoisotopic (exact) mass is 515 g/mol. The van der Waals surface area contributed by atoms with Crippen LogP contribution in [0.15, 0.2) is 84.0 Å². The van der Waals surface area contributed by atoms with Crippen molar-refractivity contribution in [3.8, 4) is 11.4 Å². The molecule has 10 heteroatoms. The summed E-state index contributed by atoms with van der Waals surface area (Å²) in [4.78, 5) is 25.8. The van der Waals surface area contributed by atoms with E-state index in [9.17, 15) is 14.9 Å². The Morgan fingerprint density at radius 3 is 2.35 bits per heavy atom. The predicted octanol–water partition coefficient (Wildman–Crippen LogP) is 4.67. The Hall–Kier alpha value is -4.02. The van der Waals surface area contributed by atoms with E-state index in [0.29, 0.717) is 60.7 Å². The number of nitrogens with zero attached hydrogens (tertiary/aromatic N) is 5. The topological polar surface area (TPSA) is 103 Å². The van der Waals surface area contributed by atoms with Gasteiger partial charge >= 0.3 is 0 Å². The molecule has 0 atom stereocenters. The molecule has 5 rings (SSSR count). The lowest BCUT2D eigenvalue weighted by Gasteiger charge is -2.26. The summed E-state index contributed by atoms with van der Waals surface area (Å²) < 4.78 is 7.25. The molecule has 3 aromatic carbocycles. The van der Waals surface area contributed by atoms with E-state index in [1.165, 1.54) is 17.8 Å². The largest absolute Gasteiger partial charge is 0.378 e. The summed E-state index contributed by atoms with van der Waals surface area (Å²) in [5.74, 6) is 1.07. The molecule has 9 nitrogen and oxygen atoms in total. The number of rotatable bonds is 8. The van der Waals surface area contributed by atoms with Gasteiger partial charge in [-0.25, -0.2) is 0 Å². The van der Waals surface area contributed by atoms with Gasteiger partial charge in [0.05, 0.1) is 30.2 Å². The molecule has 4 aromatic rings. The Labute approximate surface area is 218 Å². The maximum absolute atomic E-state index is 12.7. The third-order valence-corrected chi connectivity index (χ3v) is 7.15. The third-order valence-electron chi connectivity index (χ3n) is 6.11. The fraction of sp³-hybridized carbons (Fsp3) is 0.222. The first-order valence-electron chi connectivity index (χ1n) is 11.9. The summed E-state index contributed by atoms with van der Waals surface area (Å²) in [6, 6.07) is 24.0. The highest BCUT2D eigenvalue weighted by molar-refractivity contribution is 7.98. The number of benzene rings is 3. The average molecular weight is 516 g/mol. The fourth-order valence-electron chi connectivity index (χ4n) is 4.17. The van der Waals surface area contributed by atoms with Crippen LogP contribution in [0.5, 0.6) is 0 Å². The van der Waals surface area contributed by atoms with Crippen LogP contribution in [0, 0.1) is 10.1 Å². The van der Waals surface area contributed by atoms with E-state index in [-0.39, 0.29) is 11.6 Å². The summed E-state index contributed by atoms with van der Waals surface area (Å²) in [7, 11) is 0. The second kappa shape index (κ2) is 11.4. The molecule has 1 fully saturated rings. The molecule has 1 amide bonds. The van der Waals surface area contributed by atoms with E-state index in [4.69, 9.17) is 4.74 Å². The molecule has 188 valence electrons. The lowest BCUT2D eigenvalue weighted by molar-refractivity contribution is -0.384. The zero-order valence-electron chi connectivity index (χ0n) is 20.0. The molecule has 1 saturated heterocycles. The number of morpholine rings is 1. The van der Waals surface area contributed by atoms with Gasteiger partial charge in [0.2, 0.25) is 0 Å². The zero-order valence-corrected chi connectivity index (χ0v) is 20.8. The van der Waals surface area contributed by atoms with E-state index >= 15 is 0 Å². The molecule has 0 aliphatic carbocycles. The Morgan fingerprint density at radius 2 is 1.62 bits per heavy atom. The Balaban J connectivity index is 1.37. The van der Waals surface area contributed by atoms with E-state index in [2.05, 4.69) is 10.2 Å². The van der Waals surface area contributed by atoms with Crippen LogP contribution in [-0.2, 0) is 17.0 Å². The molecule has 0 saturated carbocycles. The quantitative estimate of drug-likeness (QED) is 0.191. The first-order chi connectivity index (χ1) is 18.1. The van der Waals surface area contributed by atoms with Gasteiger partial charge in [-0.05, 0) is 29.3 Å². The van der Waals surface area contributed by atoms with Gasteiger partial charge in [-0.1, -0.05) is 66.4 Å². The number of hydrogen-bond acceptors (Lipinski definition) is 7. The van der Waals surface area contributed by atoms with Gasteiger partial charge in [-0.15, -0.1) is 10.2 Å². The molecule has 37 heavy (non-hydrogen) atoms. The Bertz CT molecular complexity index is 1390. The first kappa shape index (κ1) is 24.7. The highest BCUT2D eigenvalue weighted by Gasteiger charge is 2.23. The van der Waals surface area contributed by atoms with Gasteiger partial charge in [0.25, 0.3) is 11.6 Å². The molecule has 0 spiro atoms. The standard InChI is InChI=1S/C27H25N5O4S/c33-26(30-14-16-36-17-15-30)22-12-10-21(11-13-22)19-37-27-29-28-25(23-8-4-5-9-24(23)32(34)35)31(27)18-20-6-2-1-3-7-20/h1-13H,14-19H2. The van der Waals surface area contributed by atoms with Crippen molar-refractivity contribution in [2.45, 2.75) is 17.5 Å². The molecule has 1 aromatic heterocycles. The molecule has 0 N–H and O–H groups in total. The van der Waals surface area contributed by atoms with Crippen molar-refractivity contribution >= 4 is 23.4 Å². The second-order valence-corrected chi connectivity index (χ2v) is 9.48. The summed E-state index contributed by atoms with van der Waals surface area (Å²) in [6.45, 7) is 2.83. The first-order valence-corrected chi connectivity index (χ1v) is 12.9. The minimum atomic E-state index is -0.399. The number of hydrogen-bond donors (Lipinski definition) is 0. The van der Waals surface area contributed by atoms with Crippen molar-refractivity contribution in [3.63, 3.8) is 0 Å². The molecule has 0 radical (unpaired) electrons. The van der Waals surface area contributed by atoms with Gasteiger partial charge in [0.15, 0.2) is 11.0 Å². The summed E-state index contributed by atoms with van der Waals surface area (Å²) in [6.07, 6.45) is 0. The number of ether oxygens (including phenoxy) is 1. The lowest BCUT2D eigenvalue weighted by atomic mass is 10.1. The number of amides is 1. The average Bonchev–Trinajstić information content (AvgIpc) is 3.34. The van der Waals surface area contributed by atoms with Crippen LogP contribution < -0.4 is 0 Å². The summed E-state index contributed by atoms with van der Waals surface area (Å²) in [5, 5.41) is 21.1. The van der Waals surface area contributed by atoms with Gasteiger partial charge in [0, 0.05) is 30.5 Å². The predicted molar refractivity (Wildman–Crippen MR) is 140 cm³/mol. The van der Waals surface area contributed by atoms with Crippen LogP contribution in [-0.4, -0.2) is 56.8 Å². The molecular formula is C27H25N5O4S. The maximum atomic E-state index is 12.7. The highest BCUT2D eigenvalue weighted by Crippen LogP contribution is 2.32. The van der Waals surface area contributed by atoms with Crippen molar-refractivity contribution in [1.82, 2.24) is 19.7 Å². The normalized spacial score (nSPS) is 13.5. The van der Waals surface area contributed by atoms with Crippen molar-refractivity contribution in [3.05, 3.63) is 106 Å². The van der Waals surface area contributed by atoms with E-state index < -0.39 is 4.92 Å². The van der Waals surface area contributed by atoms with Gasteiger partial charge in [0.1, 0.15) is 0 Å². The zero-order chi connectivity index (χ0) is 25.6. The number of carbonyl (C=O) groups is 1. The number of nitro benzene ring substituents is 1. The second-order valence-electron chi connectivity index (χ2n) is 8.54. The van der Waals surface area contributed by atoms with Gasteiger partial charge in [-0.2, -0.15) is 0 Å². The van der Waals surface area contributed by atoms with Crippen LogP contribution in [0.25, 0.3) is 11.4 Å². The van der Waals surface area contributed by atoms with Crippen LogP contribution >= 0.6 is 11.8 Å². The number of aromatic nitrogens is 3. The van der Waals surface area contributed by atoms with Crippen LogP contribution in [0.2, 0.25) is 0 Å². The molecule has 1 aliphatic rings. The fourth-order valence-corrected chi connectivity index (χ4v) is 5.06. The van der Waals surface area contributed by atoms with Crippen LogP contribution in [0.3, 0.4) is 0 Å². The number of carbonyl (C=O) groups excluding carboxylic acids is 1. The summed E-state index contributed by atoms with van der Waals surface area (Å²) in [5.41, 5.74) is 3.14. The number of nitro groups is 1. The van der Waals surface area contributed by atoms with E-state index in [1.54, 1.807) is 18.2 Å². The van der Waals surface area contributed by atoms with Crippen LogP contribution in [0.1, 0.15) is 21.5 Å². The molecule has 0 unspecified atom stereocenters. The van der Waals surface area contributed by atoms with Gasteiger partial charge < -0.3 is 9.64 Å². The summed E-state index contributed by atoms with van der Waals surface area (Å²) >= 11 is 1.50. The van der Waals surface area contributed by atoms with E-state index in [0.717, 1.165) is 11.1 Å². The molecular weight excluding hydrogens is 490 g/mol. The van der Waals surface area contributed by atoms with Gasteiger partial charge in [-0.3, -0.25) is 19.5 Å². The Kier molecular flexibility index (Phi) is 7.57.